The van der Waals surface area contributed by atoms with Crippen LogP contribution in [-0.2, 0) is 17.9 Å². The summed E-state index contributed by atoms with van der Waals surface area (Å²) in [6.45, 7) is 5.08. The zero-order chi connectivity index (χ0) is 20.4. The predicted octanol–water partition coefficient (Wildman–Crippen LogP) is 4.56. The zero-order valence-electron chi connectivity index (χ0n) is 16.3. The smallest absolute Gasteiger partial charge is 0.231 e. The Hall–Kier alpha value is -2.99. The van der Waals surface area contributed by atoms with Gasteiger partial charge in [0.1, 0.15) is 10.9 Å². The first-order chi connectivity index (χ1) is 14.0. The topological polar surface area (TPSA) is 60.9 Å². The van der Waals surface area contributed by atoms with E-state index in [1.54, 1.807) is 11.8 Å². The number of hydrogen-bond acceptors (Lipinski definition) is 5. The third-order valence-electron chi connectivity index (χ3n) is 4.74. The Morgan fingerprint density at radius 2 is 1.97 bits per heavy atom. The Labute approximate surface area is 174 Å². The molecule has 3 aromatic rings. The second kappa shape index (κ2) is 8.17. The van der Waals surface area contributed by atoms with Crippen LogP contribution in [0.15, 0.2) is 42.5 Å². The fourth-order valence-electron chi connectivity index (χ4n) is 3.29. The number of rotatable bonds is 6. The lowest BCUT2D eigenvalue weighted by atomic mass is 10.1. The van der Waals surface area contributed by atoms with Crippen LogP contribution >= 0.6 is 11.6 Å². The molecule has 0 aliphatic carbocycles. The minimum absolute atomic E-state index is 0.0538. The van der Waals surface area contributed by atoms with E-state index in [0.29, 0.717) is 30.6 Å². The van der Waals surface area contributed by atoms with Crippen LogP contribution < -0.4 is 14.2 Å². The lowest BCUT2D eigenvalue weighted by Gasteiger charge is -2.22. The Kier molecular flexibility index (Phi) is 5.45. The molecule has 1 amide bonds. The van der Waals surface area contributed by atoms with Crippen LogP contribution in [0.25, 0.3) is 10.9 Å². The Balaban J connectivity index is 1.59. The van der Waals surface area contributed by atoms with Crippen LogP contribution in [0.5, 0.6) is 17.2 Å². The number of carbonyl (C=O) groups is 1. The van der Waals surface area contributed by atoms with Crippen LogP contribution in [-0.4, -0.2) is 29.2 Å². The minimum Gasteiger partial charge on any atom is -0.494 e. The highest BCUT2D eigenvalue weighted by Crippen LogP contribution is 2.33. The van der Waals surface area contributed by atoms with Crippen molar-refractivity contribution in [2.24, 2.45) is 0 Å². The predicted molar refractivity (Wildman–Crippen MR) is 110 cm³/mol. The van der Waals surface area contributed by atoms with Gasteiger partial charge in [0.2, 0.25) is 12.7 Å². The molecule has 0 unspecified atom stereocenters. The van der Waals surface area contributed by atoms with Gasteiger partial charge in [0.15, 0.2) is 11.5 Å². The molecular weight excluding hydrogens is 392 g/mol. The number of fused-ring (bicyclic) bond motifs is 2. The lowest BCUT2D eigenvalue weighted by Crippen LogP contribution is -2.27. The molecule has 0 fully saturated rings. The Bertz CT molecular complexity index is 1070. The number of halogens is 1. The number of ether oxygens (including phenoxy) is 3. The van der Waals surface area contributed by atoms with E-state index in [1.807, 2.05) is 49.4 Å². The van der Waals surface area contributed by atoms with Crippen molar-refractivity contribution in [2.75, 3.05) is 13.4 Å². The third-order valence-corrected chi connectivity index (χ3v) is 5.07. The maximum atomic E-state index is 12.3. The number of aromatic nitrogens is 1. The van der Waals surface area contributed by atoms with E-state index in [-0.39, 0.29) is 12.7 Å². The number of carbonyl (C=O) groups excluding carboxylic acids is 1. The van der Waals surface area contributed by atoms with E-state index in [1.165, 1.54) is 0 Å². The normalized spacial score (nSPS) is 12.2. The van der Waals surface area contributed by atoms with E-state index in [2.05, 4.69) is 4.98 Å². The summed E-state index contributed by atoms with van der Waals surface area (Å²) in [5, 5.41) is 1.31. The molecule has 0 saturated heterocycles. The summed E-state index contributed by atoms with van der Waals surface area (Å²) in [7, 11) is 0. The first kappa shape index (κ1) is 19.3. The van der Waals surface area contributed by atoms with Crippen molar-refractivity contribution in [3.05, 3.63) is 58.7 Å². The largest absolute Gasteiger partial charge is 0.494 e. The molecule has 0 radical (unpaired) electrons. The summed E-state index contributed by atoms with van der Waals surface area (Å²) < 4.78 is 16.3. The number of hydrogen-bond donors (Lipinski definition) is 0. The molecule has 1 aliphatic heterocycles. The van der Waals surface area contributed by atoms with Crippen LogP contribution in [0, 0.1) is 0 Å². The molecule has 0 saturated carbocycles. The summed E-state index contributed by atoms with van der Waals surface area (Å²) in [5.41, 5.74) is 2.52. The van der Waals surface area contributed by atoms with Crippen molar-refractivity contribution >= 4 is 28.4 Å². The molecule has 150 valence electrons. The van der Waals surface area contributed by atoms with Crippen molar-refractivity contribution in [3.63, 3.8) is 0 Å². The monoisotopic (exact) mass is 412 g/mol. The highest BCUT2D eigenvalue weighted by molar-refractivity contribution is 6.30. The minimum atomic E-state index is -0.0538. The van der Waals surface area contributed by atoms with Crippen molar-refractivity contribution in [2.45, 2.75) is 26.9 Å². The first-order valence-corrected chi connectivity index (χ1v) is 9.77. The van der Waals surface area contributed by atoms with Crippen molar-refractivity contribution in [1.82, 2.24) is 9.88 Å². The van der Waals surface area contributed by atoms with E-state index in [4.69, 9.17) is 25.8 Å². The van der Waals surface area contributed by atoms with Gasteiger partial charge in [-0.3, -0.25) is 4.79 Å². The van der Waals surface area contributed by atoms with Gasteiger partial charge in [0.25, 0.3) is 0 Å². The maximum absolute atomic E-state index is 12.3. The number of benzene rings is 2. The average Bonchev–Trinajstić information content (AvgIpc) is 3.16. The fraction of sp³-hybridized carbons (Fsp3) is 0.273. The van der Waals surface area contributed by atoms with Gasteiger partial charge in [0, 0.05) is 31.0 Å². The van der Waals surface area contributed by atoms with Gasteiger partial charge in [-0.1, -0.05) is 17.7 Å². The van der Waals surface area contributed by atoms with Crippen molar-refractivity contribution in [1.29, 1.82) is 0 Å². The van der Waals surface area contributed by atoms with Gasteiger partial charge >= 0.3 is 0 Å². The molecule has 1 aromatic heterocycles. The van der Waals surface area contributed by atoms with E-state index in [0.717, 1.165) is 33.5 Å². The highest BCUT2D eigenvalue weighted by Gasteiger charge is 2.17. The van der Waals surface area contributed by atoms with Crippen molar-refractivity contribution < 1.29 is 19.0 Å². The Morgan fingerprint density at radius 1 is 1.14 bits per heavy atom. The summed E-state index contributed by atoms with van der Waals surface area (Å²) >= 11 is 6.42. The van der Waals surface area contributed by atoms with E-state index < -0.39 is 0 Å². The first-order valence-electron chi connectivity index (χ1n) is 9.39. The highest BCUT2D eigenvalue weighted by atomic mass is 35.5. The van der Waals surface area contributed by atoms with Gasteiger partial charge < -0.3 is 19.1 Å². The van der Waals surface area contributed by atoms with Crippen LogP contribution in [0.1, 0.15) is 25.0 Å². The standard InChI is InChI=1S/C22H21ClN2O4/c1-3-27-18-5-6-19-16(10-18)9-17(22(23)24-19)12-25(14(2)26)11-15-4-7-20-21(8-15)29-13-28-20/h4-10H,3,11-13H2,1-2H3. The number of nitrogens with zero attached hydrogens (tertiary/aromatic N) is 2. The van der Waals surface area contributed by atoms with Gasteiger partial charge in [-0.15, -0.1) is 0 Å². The second-order valence-corrected chi connectivity index (χ2v) is 7.15. The van der Waals surface area contributed by atoms with E-state index >= 15 is 0 Å². The van der Waals surface area contributed by atoms with Gasteiger partial charge in [-0.05, 0) is 48.9 Å². The van der Waals surface area contributed by atoms with Crippen molar-refractivity contribution in [3.8, 4) is 17.2 Å². The summed E-state index contributed by atoms with van der Waals surface area (Å²) in [5.74, 6) is 2.13. The van der Waals surface area contributed by atoms with Gasteiger partial charge in [-0.25, -0.2) is 4.98 Å². The molecule has 2 aromatic carbocycles. The fourth-order valence-corrected chi connectivity index (χ4v) is 3.49. The summed E-state index contributed by atoms with van der Waals surface area (Å²) in [6, 6.07) is 13.3. The molecule has 0 bridgehead atoms. The van der Waals surface area contributed by atoms with Crippen LogP contribution in [0.2, 0.25) is 5.15 Å². The van der Waals surface area contributed by atoms with E-state index in [9.17, 15) is 4.79 Å². The molecule has 6 nitrogen and oxygen atoms in total. The lowest BCUT2D eigenvalue weighted by molar-refractivity contribution is -0.130. The molecule has 0 spiro atoms. The second-order valence-electron chi connectivity index (χ2n) is 6.79. The number of amides is 1. The molecule has 7 heteroatoms. The summed E-state index contributed by atoms with van der Waals surface area (Å²) in [6.07, 6.45) is 0. The quantitative estimate of drug-likeness (QED) is 0.555. The molecule has 29 heavy (non-hydrogen) atoms. The molecule has 4 rings (SSSR count). The molecule has 1 aliphatic rings. The molecule has 2 heterocycles. The van der Waals surface area contributed by atoms with Crippen LogP contribution in [0.4, 0.5) is 0 Å². The van der Waals surface area contributed by atoms with Gasteiger partial charge in [-0.2, -0.15) is 0 Å². The third kappa shape index (κ3) is 4.22. The molecule has 0 N–H and O–H groups in total. The van der Waals surface area contributed by atoms with Gasteiger partial charge in [0.05, 0.1) is 12.1 Å². The zero-order valence-corrected chi connectivity index (χ0v) is 17.0. The Morgan fingerprint density at radius 3 is 2.76 bits per heavy atom. The SMILES string of the molecule is CCOc1ccc2nc(Cl)c(CN(Cc3ccc4c(c3)OCO4)C(C)=O)cc2c1. The number of pyridine rings is 1. The average molecular weight is 413 g/mol. The summed E-state index contributed by atoms with van der Waals surface area (Å²) in [4.78, 5) is 18.5. The van der Waals surface area contributed by atoms with Crippen LogP contribution in [0.3, 0.4) is 0 Å². The maximum Gasteiger partial charge on any atom is 0.231 e. The molecular formula is C22H21ClN2O4. The molecule has 0 atom stereocenters.